The minimum atomic E-state index is -4.55. The Bertz CT molecular complexity index is 956. The number of nitrogens with zero attached hydrogens (tertiary/aromatic N) is 1. The minimum absolute atomic E-state index is 0.0520. The highest BCUT2D eigenvalue weighted by Crippen LogP contribution is 2.31. The zero-order valence-corrected chi connectivity index (χ0v) is 16.3. The second-order valence-corrected chi connectivity index (χ2v) is 7.89. The van der Waals surface area contributed by atoms with Crippen LogP contribution in [0, 0.1) is 0 Å². The standard InChI is InChI=1S/C19H19F3N2O4S/c1-3-12-28-17-10-6-15(7-11-17)23-18(25)13-24(29(2,26)27)16-8-4-14(5-9-16)19(20,21)22/h3-11H,1,12-13H2,2H3,(H,23,25). The Labute approximate surface area is 166 Å². The summed E-state index contributed by atoms with van der Waals surface area (Å²) in [7, 11) is -3.91. The first-order valence-corrected chi connectivity index (χ1v) is 10.1. The Morgan fingerprint density at radius 2 is 1.72 bits per heavy atom. The molecule has 1 N–H and O–H groups in total. The topological polar surface area (TPSA) is 75.7 Å². The molecule has 0 aliphatic heterocycles. The Morgan fingerprint density at radius 3 is 2.21 bits per heavy atom. The van der Waals surface area contributed by atoms with Crippen LogP contribution in [0.25, 0.3) is 0 Å². The van der Waals surface area contributed by atoms with Crippen LogP contribution in [-0.2, 0) is 21.0 Å². The van der Waals surface area contributed by atoms with E-state index in [1.165, 1.54) is 0 Å². The molecule has 0 aliphatic rings. The Balaban J connectivity index is 2.12. The summed E-state index contributed by atoms with van der Waals surface area (Å²) in [6.07, 6.45) is -2.10. The zero-order chi connectivity index (χ0) is 21.7. The van der Waals surface area contributed by atoms with Crippen molar-refractivity contribution in [3.8, 4) is 5.75 Å². The monoisotopic (exact) mass is 428 g/mol. The van der Waals surface area contributed by atoms with Gasteiger partial charge in [0, 0.05) is 5.69 Å². The summed E-state index contributed by atoms with van der Waals surface area (Å²) in [6, 6.07) is 9.89. The fourth-order valence-electron chi connectivity index (χ4n) is 2.34. The number of carbonyl (C=O) groups excluding carboxylic acids is 1. The predicted octanol–water partition coefficient (Wildman–Crippen LogP) is 3.67. The van der Waals surface area contributed by atoms with E-state index in [1.807, 2.05) is 0 Å². The van der Waals surface area contributed by atoms with Crippen LogP contribution in [0.1, 0.15) is 5.56 Å². The van der Waals surface area contributed by atoms with Gasteiger partial charge in [0.25, 0.3) is 0 Å². The maximum atomic E-state index is 12.7. The van der Waals surface area contributed by atoms with Gasteiger partial charge in [0.05, 0.1) is 17.5 Å². The molecule has 0 radical (unpaired) electrons. The molecule has 2 aromatic carbocycles. The summed E-state index contributed by atoms with van der Waals surface area (Å²) in [5, 5.41) is 2.53. The summed E-state index contributed by atoms with van der Waals surface area (Å²) in [6.45, 7) is 3.25. The number of nitrogens with one attached hydrogen (secondary N) is 1. The Hall–Kier alpha value is -3.01. The van der Waals surface area contributed by atoms with Crippen molar-refractivity contribution >= 4 is 27.3 Å². The second-order valence-electron chi connectivity index (χ2n) is 5.99. The molecule has 0 saturated heterocycles. The number of benzene rings is 2. The van der Waals surface area contributed by atoms with Gasteiger partial charge in [-0.3, -0.25) is 9.10 Å². The number of sulfonamides is 1. The number of alkyl halides is 3. The van der Waals surface area contributed by atoms with Crippen LogP contribution >= 0.6 is 0 Å². The van der Waals surface area contributed by atoms with Crippen molar-refractivity contribution in [2.75, 3.05) is 29.0 Å². The second kappa shape index (κ2) is 8.99. The maximum Gasteiger partial charge on any atom is 0.416 e. The van der Waals surface area contributed by atoms with Crippen LogP contribution in [0.4, 0.5) is 24.5 Å². The molecule has 156 valence electrons. The lowest BCUT2D eigenvalue weighted by atomic mass is 10.2. The van der Waals surface area contributed by atoms with E-state index in [4.69, 9.17) is 4.74 Å². The SMILES string of the molecule is C=CCOc1ccc(NC(=O)CN(c2ccc(C(F)(F)F)cc2)S(C)(=O)=O)cc1. The molecule has 0 bridgehead atoms. The lowest BCUT2D eigenvalue weighted by Crippen LogP contribution is -2.37. The summed E-state index contributed by atoms with van der Waals surface area (Å²) in [4.78, 5) is 12.3. The Morgan fingerprint density at radius 1 is 1.14 bits per heavy atom. The van der Waals surface area contributed by atoms with Gasteiger partial charge in [-0.05, 0) is 48.5 Å². The number of anilines is 2. The van der Waals surface area contributed by atoms with Gasteiger partial charge in [-0.2, -0.15) is 13.2 Å². The molecule has 2 aromatic rings. The molecule has 0 fully saturated rings. The molecular weight excluding hydrogens is 409 g/mol. The van der Waals surface area contributed by atoms with Crippen molar-refractivity contribution < 1.29 is 31.1 Å². The van der Waals surface area contributed by atoms with E-state index >= 15 is 0 Å². The third-order valence-electron chi connectivity index (χ3n) is 3.68. The Kier molecular flexibility index (Phi) is 6.91. The van der Waals surface area contributed by atoms with Crippen molar-refractivity contribution in [3.05, 3.63) is 66.7 Å². The quantitative estimate of drug-likeness (QED) is 0.651. The summed E-state index contributed by atoms with van der Waals surface area (Å²) in [5.41, 5.74) is -0.566. The van der Waals surface area contributed by atoms with Gasteiger partial charge < -0.3 is 10.1 Å². The van der Waals surface area contributed by atoms with E-state index in [1.54, 1.807) is 30.3 Å². The van der Waals surface area contributed by atoms with E-state index in [-0.39, 0.29) is 5.69 Å². The average Bonchev–Trinajstić information content (AvgIpc) is 2.64. The van der Waals surface area contributed by atoms with Crippen molar-refractivity contribution in [1.82, 2.24) is 0 Å². The van der Waals surface area contributed by atoms with Crippen LogP contribution in [-0.4, -0.2) is 33.7 Å². The van der Waals surface area contributed by atoms with Crippen LogP contribution < -0.4 is 14.4 Å². The van der Waals surface area contributed by atoms with E-state index in [0.29, 0.717) is 18.0 Å². The van der Waals surface area contributed by atoms with Gasteiger partial charge in [-0.15, -0.1) is 0 Å². The molecule has 0 unspecified atom stereocenters. The first-order valence-electron chi connectivity index (χ1n) is 8.29. The molecule has 0 atom stereocenters. The van der Waals surface area contributed by atoms with E-state index < -0.39 is 34.2 Å². The van der Waals surface area contributed by atoms with Gasteiger partial charge in [-0.1, -0.05) is 12.7 Å². The minimum Gasteiger partial charge on any atom is -0.490 e. The van der Waals surface area contributed by atoms with Gasteiger partial charge in [0.1, 0.15) is 18.9 Å². The zero-order valence-electron chi connectivity index (χ0n) is 15.4. The highest BCUT2D eigenvalue weighted by Gasteiger charge is 2.30. The normalized spacial score (nSPS) is 11.6. The number of hydrogen-bond donors (Lipinski definition) is 1. The molecule has 0 aromatic heterocycles. The first-order chi connectivity index (χ1) is 13.5. The number of amides is 1. The van der Waals surface area contributed by atoms with Crippen molar-refractivity contribution in [3.63, 3.8) is 0 Å². The van der Waals surface area contributed by atoms with Gasteiger partial charge in [-0.25, -0.2) is 8.42 Å². The summed E-state index contributed by atoms with van der Waals surface area (Å²) >= 11 is 0. The smallest absolute Gasteiger partial charge is 0.416 e. The number of rotatable bonds is 8. The number of carbonyl (C=O) groups is 1. The predicted molar refractivity (Wildman–Crippen MR) is 104 cm³/mol. The molecule has 0 heterocycles. The van der Waals surface area contributed by atoms with Crippen LogP contribution in [0.5, 0.6) is 5.75 Å². The number of halogens is 3. The van der Waals surface area contributed by atoms with Gasteiger partial charge in [0.2, 0.25) is 15.9 Å². The molecule has 0 saturated carbocycles. The summed E-state index contributed by atoms with van der Waals surface area (Å²) < 4.78 is 68.2. The number of hydrogen-bond acceptors (Lipinski definition) is 4. The van der Waals surface area contributed by atoms with E-state index in [0.717, 1.165) is 34.8 Å². The first kappa shape index (κ1) is 22.3. The average molecular weight is 428 g/mol. The lowest BCUT2D eigenvalue weighted by molar-refractivity contribution is -0.137. The highest BCUT2D eigenvalue weighted by molar-refractivity contribution is 7.92. The largest absolute Gasteiger partial charge is 0.490 e. The molecule has 10 heteroatoms. The van der Waals surface area contributed by atoms with Crippen molar-refractivity contribution in [1.29, 1.82) is 0 Å². The van der Waals surface area contributed by atoms with Crippen LogP contribution in [0.3, 0.4) is 0 Å². The van der Waals surface area contributed by atoms with Crippen molar-refractivity contribution in [2.45, 2.75) is 6.18 Å². The van der Waals surface area contributed by atoms with E-state index in [2.05, 4.69) is 11.9 Å². The van der Waals surface area contributed by atoms with Crippen molar-refractivity contribution in [2.24, 2.45) is 0 Å². The van der Waals surface area contributed by atoms with E-state index in [9.17, 15) is 26.4 Å². The lowest BCUT2D eigenvalue weighted by Gasteiger charge is -2.22. The third-order valence-corrected chi connectivity index (χ3v) is 4.82. The molecule has 29 heavy (non-hydrogen) atoms. The molecule has 2 rings (SSSR count). The molecule has 0 spiro atoms. The molecule has 6 nitrogen and oxygen atoms in total. The third kappa shape index (κ3) is 6.53. The molecule has 0 aliphatic carbocycles. The van der Waals surface area contributed by atoms with Gasteiger partial charge >= 0.3 is 6.18 Å². The van der Waals surface area contributed by atoms with Gasteiger partial charge in [0.15, 0.2) is 0 Å². The summed E-state index contributed by atoms with van der Waals surface area (Å²) in [5.74, 6) is -0.0968. The fourth-order valence-corrected chi connectivity index (χ4v) is 3.19. The fraction of sp³-hybridized carbons (Fsp3) is 0.211. The maximum absolute atomic E-state index is 12.7. The highest BCUT2D eigenvalue weighted by atomic mass is 32.2. The number of ether oxygens (including phenoxy) is 1. The molecule has 1 amide bonds. The molecular formula is C19H19F3N2O4S. The van der Waals surface area contributed by atoms with Crippen LogP contribution in [0.15, 0.2) is 61.2 Å². The van der Waals surface area contributed by atoms with Crippen LogP contribution in [0.2, 0.25) is 0 Å².